The number of ketones is 1. The van der Waals surface area contributed by atoms with E-state index in [1.807, 2.05) is 24.3 Å². The summed E-state index contributed by atoms with van der Waals surface area (Å²) in [6.45, 7) is 0.607. The molecule has 1 aliphatic heterocycles. The van der Waals surface area contributed by atoms with Crippen LogP contribution in [0.25, 0.3) is 0 Å². The first-order chi connectivity index (χ1) is 9.65. The third-order valence-electron chi connectivity index (χ3n) is 3.60. The second kappa shape index (κ2) is 5.13. The molecule has 1 unspecified atom stereocenters. The molecule has 102 valence electrons. The number of carbonyl (C=O) groups is 1. The quantitative estimate of drug-likeness (QED) is 0.852. The van der Waals surface area contributed by atoms with Crippen LogP contribution >= 0.6 is 0 Å². The first-order valence-corrected chi connectivity index (χ1v) is 6.44. The summed E-state index contributed by atoms with van der Waals surface area (Å²) in [5, 5.41) is 3.14. The first kappa shape index (κ1) is 12.9. The molecule has 0 bridgehead atoms. The summed E-state index contributed by atoms with van der Waals surface area (Å²) >= 11 is 0. The van der Waals surface area contributed by atoms with E-state index in [4.69, 9.17) is 0 Å². The van der Waals surface area contributed by atoms with Gasteiger partial charge in [0.1, 0.15) is 0 Å². The Morgan fingerprint density at radius 2 is 1.80 bits per heavy atom. The minimum absolute atomic E-state index is 0.195. The lowest BCUT2D eigenvalue weighted by Crippen LogP contribution is -2.41. The van der Waals surface area contributed by atoms with Crippen LogP contribution in [0.5, 0.6) is 0 Å². The zero-order valence-electron chi connectivity index (χ0n) is 10.7. The monoisotopic (exact) mass is 273 g/mol. The van der Waals surface area contributed by atoms with Gasteiger partial charge >= 0.3 is 0 Å². The summed E-state index contributed by atoms with van der Waals surface area (Å²) < 4.78 is 26.1. The molecule has 3 rings (SSSR count). The Morgan fingerprint density at radius 3 is 2.55 bits per heavy atom. The van der Waals surface area contributed by atoms with E-state index in [1.165, 1.54) is 11.6 Å². The van der Waals surface area contributed by atoms with Gasteiger partial charge in [0.15, 0.2) is 17.4 Å². The second-order valence-corrected chi connectivity index (χ2v) is 4.90. The third kappa shape index (κ3) is 2.34. The Hall–Kier alpha value is -2.07. The maximum atomic E-state index is 13.2. The molecule has 2 aromatic carbocycles. The van der Waals surface area contributed by atoms with Crippen LogP contribution in [0, 0.1) is 11.6 Å². The topological polar surface area (TPSA) is 29.1 Å². The van der Waals surface area contributed by atoms with Gasteiger partial charge < -0.3 is 5.32 Å². The Balaban J connectivity index is 1.84. The number of hydrogen-bond donors (Lipinski definition) is 1. The van der Waals surface area contributed by atoms with Crippen molar-refractivity contribution in [2.24, 2.45) is 0 Å². The number of Topliss-reactive ketones (excluding diaryl/α,β-unsaturated/α-hetero) is 1. The van der Waals surface area contributed by atoms with E-state index in [1.54, 1.807) is 0 Å². The van der Waals surface area contributed by atoms with Crippen LogP contribution in [0.3, 0.4) is 0 Å². The lowest BCUT2D eigenvalue weighted by molar-refractivity contribution is 0.0937. The molecule has 0 radical (unpaired) electrons. The van der Waals surface area contributed by atoms with Crippen LogP contribution in [0.2, 0.25) is 0 Å². The van der Waals surface area contributed by atoms with Gasteiger partial charge in [0.25, 0.3) is 0 Å². The molecule has 0 aliphatic carbocycles. The lowest BCUT2D eigenvalue weighted by atomic mass is 9.91. The van der Waals surface area contributed by atoms with Crippen molar-refractivity contribution in [3.05, 3.63) is 70.8 Å². The van der Waals surface area contributed by atoms with Gasteiger partial charge in [-0.2, -0.15) is 0 Å². The number of rotatable bonds is 2. The number of fused-ring (bicyclic) bond motifs is 1. The highest BCUT2D eigenvalue weighted by atomic mass is 19.2. The summed E-state index contributed by atoms with van der Waals surface area (Å²) in [5.41, 5.74) is 2.48. The van der Waals surface area contributed by atoms with Gasteiger partial charge in [-0.05, 0) is 35.7 Å². The van der Waals surface area contributed by atoms with Crippen molar-refractivity contribution in [2.75, 3.05) is 0 Å². The smallest absolute Gasteiger partial charge is 0.180 e. The summed E-state index contributed by atoms with van der Waals surface area (Å²) in [6.07, 6.45) is 0.563. The van der Waals surface area contributed by atoms with Crippen molar-refractivity contribution in [2.45, 2.75) is 19.0 Å². The van der Waals surface area contributed by atoms with Crippen molar-refractivity contribution in [3.8, 4) is 0 Å². The van der Waals surface area contributed by atoms with E-state index in [2.05, 4.69) is 5.32 Å². The maximum absolute atomic E-state index is 13.2. The summed E-state index contributed by atoms with van der Waals surface area (Å²) in [5.74, 6) is -2.14. The molecular formula is C16H13F2NO. The normalized spacial score (nSPS) is 17.6. The van der Waals surface area contributed by atoms with E-state index in [-0.39, 0.29) is 11.3 Å². The molecule has 0 fully saturated rings. The third-order valence-corrected chi connectivity index (χ3v) is 3.60. The van der Waals surface area contributed by atoms with Crippen LogP contribution in [0.15, 0.2) is 42.5 Å². The molecule has 20 heavy (non-hydrogen) atoms. The predicted octanol–water partition coefficient (Wildman–Crippen LogP) is 2.86. The number of carbonyl (C=O) groups excluding carboxylic acids is 1. The zero-order chi connectivity index (χ0) is 14.1. The molecule has 0 aromatic heterocycles. The average molecular weight is 273 g/mol. The SMILES string of the molecule is O=C(c1ccc(F)c(F)c1)C1Cc2ccccc2CN1. The minimum atomic E-state index is -0.993. The summed E-state index contributed by atoms with van der Waals surface area (Å²) in [7, 11) is 0. The molecule has 2 aromatic rings. The molecule has 0 saturated carbocycles. The van der Waals surface area contributed by atoms with Crippen LogP contribution in [0.4, 0.5) is 8.78 Å². The number of halogens is 2. The van der Waals surface area contributed by atoms with Crippen molar-refractivity contribution >= 4 is 5.78 Å². The lowest BCUT2D eigenvalue weighted by Gasteiger charge is -2.25. The Morgan fingerprint density at radius 1 is 1.05 bits per heavy atom. The largest absolute Gasteiger partial charge is 0.303 e. The van der Waals surface area contributed by atoms with Crippen LogP contribution in [-0.4, -0.2) is 11.8 Å². The van der Waals surface area contributed by atoms with E-state index >= 15 is 0 Å². The highest BCUT2D eigenvalue weighted by Crippen LogP contribution is 2.19. The van der Waals surface area contributed by atoms with Crippen LogP contribution in [-0.2, 0) is 13.0 Å². The molecule has 0 saturated heterocycles. The minimum Gasteiger partial charge on any atom is -0.303 e. The van der Waals surface area contributed by atoms with Gasteiger partial charge in [-0.3, -0.25) is 4.79 Å². The van der Waals surface area contributed by atoms with Crippen molar-refractivity contribution in [3.63, 3.8) is 0 Å². The van der Waals surface area contributed by atoms with Crippen LogP contribution in [0.1, 0.15) is 21.5 Å². The molecule has 1 heterocycles. The Labute approximate surface area is 115 Å². The number of hydrogen-bond acceptors (Lipinski definition) is 2. The van der Waals surface area contributed by atoms with E-state index in [0.29, 0.717) is 13.0 Å². The maximum Gasteiger partial charge on any atom is 0.180 e. The zero-order valence-corrected chi connectivity index (χ0v) is 10.7. The second-order valence-electron chi connectivity index (χ2n) is 4.90. The first-order valence-electron chi connectivity index (χ1n) is 6.44. The van der Waals surface area contributed by atoms with Gasteiger partial charge in [0.2, 0.25) is 0 Å². The molecule has 4 heteroatoms. The molecule has 0 amide bonds. The molecule has 0 spiro atoms. The average Bonchev–Trinajstić information content (AvgIpc) is 2.49. The highest BCUT2D eigenvalue weighted by Gasteiger charge is 2.25. The predicted molar refractivity (Wildman–Crippen MR) is 71.5 cm³/mol. The van der Waals surface area contributed by atoms with Gasteiger partial charge in [-0.25, -0.2) is 8.78 Å². The molecule has 1 atom stereocenters. The Bertz CT molecular complexity index is 669. The fourth-order valence-corrected chi connectivity index (χ4v) is 2.49. The molecule has 1 N–H and O–H groups in total. The summed E-state index contributed by atoms with van der Waals surface area (Å²) in [4.78, 5) is 12.3. The fourth-order valence-electron chi connectivity index (χ4n) is 2.49. The number of benzene rings is 2. The fraction of sp³-hybridized carbons (Fsp3) is 0.188. The van der Waals surface area contributed by atoms with Gasteiger partial charge in [0, 0.05) is 12.1 Å². The van der Waals surface area contributed by atoms with Crippen LogP contribution < -0.4 is 5.32 Å². The molecular weight excluding hydrogens is 260 g/mol. The van der Waals surface area contributed by atoms with Gasteiger partial charge in [-0.1, -0.05) is 24.3 Å². The standard InChI is InChI=1S/C16H13F2NO/c17-13-6-5-11(7-14(13)18)16(20)15-8-10-3-1-2-4-12(10)9-19-15/h1-7,15,19H,8-9H2. The van der Waals surface area contributed by atoms with Crippen molar-refractivity contribution in [1.82, 2.24) is 5.32 Å². The van der Waals surface area contributed by atoms with Gasteiger partial charge in [-0.15, -0.1) is 0 Å². The van der Waals surface area contributed by atoms with E-state index < -0.39 is 17.7 Å². The van der Waals surface area contributed by atoms with Gasteiger partial charge in [0.05, 0.1) is 6.04 Å². The highest BCUT2D eigenvalue weighted by molar-refractivity contribution is 6.00. The number of nitrogens with one attached hydrogen (secondary N) is 1. The van der Waals surface area contributed by atoms with E-state index in [0.717, 1.165) is 17.7 Å². The van der Waals surface area contributed by atoms with Crippen molar-refractivity contribution in [1.29, 1.82) is 0 Å². The van der Waals surface area contributed by atoms with Crippen molar-refractivity contribution < 1.29 is 13.6 Å². The van der Waals surface area contributed by atoms with E-state index in [9.17, 15) is 13.6 Å². The molecule has 2 nitrogen and oxygen atoms in total. The Kier molecular flexibility index (Phi) is 3.32. The summed E-state index contributed by atoms with van der Waals surface area (Å²) in [6, 6.07) is 10.8. The molecule has 1 aliphatic rings.